The number of hydrogen-bond donors (Lipinski definition) is 2. The van der Waals surface area contributed by atoms with E-state index in [4.69, 9.17) is 20.2 Å². The van der Waals surface area contributed by atoms with Crippen LogP contribution in [0.25, 0.3) is 15.9 Å². The lowest BCUT2D eigenvalue weighted by Crippen LogP contribution is -2.41. The van der Waals surface area contributed by atoms with Crippen molar-refractivity contribution in [2.24, 2.45) is 5.73 Å². The van der Waals surface area contributed by atoms with Gasteiger partial charge in [0.1, 0.15) is 28.8 Å². The Balaban J connectivity index is 1.32. The lowest BCUT2D eigenvalue weighted by Gasteiger charge is -2.22. The third-order valence-electron chi connectivity index (χ3n) is 5.63. The van der Waals surface area contributed by atoms with Crippen molar-refractivity contribution in [1.82, 2.24) is 19.5 Å². The van der Waals surface area contributed by atoms with E-state index in [1.807, 2.05) is 45.3 Å². The van der Waals surface area contributed by atoms with E-state index in [-0.39, 0.29) is 18.7 Å². The standard InChI is InChI=1S/C21H19N7O3S/c22-18(29)14-2-1-6-28(14)21-25-19(13-5-7-32-20(13)26-21)24-17-9-27(10-23-17)12-3-4-15-16(8-12)31-11-30-15/h3-5,7-10,14H,1-2,6,11H2,(H2,22,29)(H,24,25,26). The molecule has 0 spiro atoms. The number of primary amides is 1. The van der Waals surface area contributed by atoms with Gasteiger partial charge in [0, 0.05) is 12.6 Å². The third kappa shape index (κ3) is 3.17. The maximum absolute atomic E-state index is 11.9. The van der Waals surface area contributed by atoms with E-state index in [2.05, 4.69) is 15.3 Å². The smallest absolute Gasteiger partial charge is 0.240 e. The van der Waals surface area contributed by atoms with Crippen molar-refractivity contribution in [1.29, 1.82) is 0 Å². The first-order valence-electron chi connectivity index (χ1n) is 10.2. The van der Waals surface area contributed by atoms with E-state index in [9.17, 15) is 4.79 Å². The largest absolute Gasteiger partial charge is 0.454 e. The number of thiophene rings is 1. The molecule has 3 aromatic heterocycles. The predicted octanol–water partition coefficient (Wildman–Crippen LogP) is 2.80. The van der Waals surface area contributed by atoms with Crippen LogP contribution in [0.1, 0.15) is 12.8 Å². The predicted molar refractivity (Wildman–Crippen MR) is 120 cm³/mol. The number of nitrogens with two attached hydrogens (primary N) is 1. The van der Waals surface area contributed by atoms with Gasteiger partial charge >= 0.3 is 0 Å². The zero-order valence-electron chi connectivity index (χ0n) is 16.9. The Morgan fingerprint density at radius 2 is 2.12 bits per heavy atom. The number of nitrogens with zero attached hydrogens (tertiary/aromatic N) is 5. The van der Waals surface area contributed by atoms with E-state index in [1.54, 1.807) is 6.33 Å². The van der Waals surface area contributed by atoms with Crippen LogP contribution in [0.3, 0.4) is 0 Å². The molecule has 4 aromatic rings. The van der Waals surface area contributed by atoms with Gasteiger partial charge in [-0.2, -0.15) is 4.98 Å². The van der Waals surface area contributed by atoms with E-state index in [0.717, 1.165) is 28.1 Å². The average Bonchev–Trinajstić information content (AvgIpc) is 3.59. The summed E-state index contributed by atoms with van der Waals surface area (Å²) in [5, 5.41) is 6.17. The SMILES string of the molecule is NC(=O)C1CCCN1c1nc(Nc2cn(-c3ccc4c(c3)OCO4)cn2)c2ccsc2n1. The molecule has 5 heterocycles. The van der Waals surface area contributed by atoms with Crippen LogP contribution in [-0.4, -0.2) is 44.8 Å². The molecule has 1 atom stereocenters. The molecule has 162 valence electrons. The second-order valence-corrected chi connectivity index (χ2v) is 8.49. The Kier molecular flexibility index (Phi) is 4.35. The average molecular weight is 449 g/mol. The fraction of sp³-hybridized carbons (Fsp3) is 0.238. The molecular formula is C21H19N7O3S. The first-order valence-corrected chi connectivity index (χ1v) is 11.1. The van der Waals surface area contributed by atoms with E-state index >= 15 is 0 Å². The number of amides is 1. The Morgan fingerprint density at radius 3 is 3.03 bits per heavy atom. The molecule has 1 saturated heterocycles. The quantitative estimate of drug-likeness (QED) is 0.477. The van der Waals surface area contributed by atoms with Crippen LogP contribution in [0.15, 0.2) is 42.2 Å². The van der Waals surface area contributed by atoms with Gasteiger partial charge in [-0.05, 0) is 36.4 Å². The van der Waals surface area contributed by atoms with E-state index in [0.29, 0.717) is 36.3 Å². The number of aromatic nitrogens is 4. The van der Waals surface area contributed by atoms with Crippen LogP contribution in [0.2, 0.25) is 0 Å². The van der Waals surface area contributed by atoms with Crippen LogP contribution in [0.5, 0.6) is 11.5 Å². The number of ether oxygens (including phenoxy) is 2. The number of benzene rings is 1. The molecule has 11 heteroatoms. The lowest BCUT2D eigenvalue weighted by atomic mass is 10.2. The normalized spacial score (nSPS) is 17.2. The van der Waals surface area contributed by atoms with Gasteiger partial charge in [-0.1, -0.05) is 0 Å². The molecule has 1 unspecified atom stereocenters. The van der Waals surface area contributed by atoms with Gasteiger partial charge in [0.2, 0.25) is 18.6 Å². The number of carbonyl (C=O) groups excluding carboxylic acids is 1. The minimum absolute atomic E-state index is 0.232. The van der Waals surface area contributed by atoms with Crippen LogP contribution < -0.4 is 25.4 Å². The first kappa shape index (κ1) is 18.9. The van der Waals surface area contributed by atoms with Crippen molar-refractivity contribution in [2.45, 2.75) is 18.9 Å². The molecule has 3 N–H and O–H groups in total. The number of anilines is 3. The topological polar surface area (TPSA) is 120 Å². The Hall–Kier alpha value is -3.86. The molecule has 2 aliphatic rings. The van der Waals surface area contributed by atoms with Gasteiger partial charge in [0.15, 0.2) is 11.5 Å². The molecule has 1 amide bonds. The second-order valence-electron chi connectivity index (χ2n) is 7.59. The maximum Gasteiger partial charge on any atom is 0.240 e. The summed E-state index contributed by atoms with van der Waals surface area (Å²) in [5.41, 5.74) is 6.50. The minimum Gasteiger partial charge on any atom is -0.454 e. The van der Waals surface area contributed by atoms with Crippen molar-refractivity contribution >= 4 is 45.0 Å². The fourth-order valence-electron chi connectivity index (χ4n) is 4.07. The Morgan fingerprint density at radius 1 is 1.22 bits per heavy atom. The van der Waals surface area contributed by atoms with Crippen molar-refractivity contribution in [2.75, 3.05) is 23.6 Å². The summed E-state index contributed by atoms with van der Waals surface area (Å²) in [6, 6.07) is 7.31. The van der Waals surface area contributed by atoms with Gasteiger partial charge < -0.3 is 30.0 Å². The maximum atomic E-state index is 11.9. The zero-order chi connectivity index (χ0) is 21.7. The zero-order valence-corrected chi connectivity index (χ0v) is 17.7. The van der Waals surface area contributed by atoms with Gasteiger partial charge in [-0.15, -0.1) is 11.3 Å². The van der Waals surface area contributed by atoms with E-state index < -0.39 is 0 Å². The summed E-state index contributed by atoms with van der Waals surface area (Å²) in [4.78, 5) is 28.5. The van der Waals surface area contributed by atoms with Crippen LogP contribution in [0, 0.1) is 0 Å². The summed E-state index contributed by atoms with van der Waals surface area (Å²) in [5.74, 6) is 2.86. The number of carbonyl (C=O) groups is 1. The fourth-order valence-corrected chi connectivity index (χ4v) is 4.82. The molecule has 0 radical (unpaired) electrons. The summed E-state index contributed by atoms with van der Waals surface area (Å²) < 4.78 is 12.7. The van der Waals surface area contributed by atoms with Crippen molar-refractivity contribution in [3.05, 3.63) is 42.2 Å². The van der Waals surface area contributed by atoms with Gasteiger partial charge in [0.05, 0.1) is 17.3 Å². The second kappa shape index (κ2) is 7.38. The molecule has 1 aromatic carbocycles. The lowest BCUT2D eigenvalue weighted by molar-refractivity contribution is -0.119. The molecule has 0 saturated carbocycles. The number of fused-ring (bicyclic) bond motifs is 2. The highest BCUT2D eigenvalue weighted by Gasteiger charge is 2.31. The van der Waals surface area contributed by atoms with Gasteiger partial charge in [0.25, 0.3) is 0 Å². The number of rotatable bonds is 5. The first-order chi connectivity index (χ1) is 15.7. The molecule has 2 aliphatic heterocycles. The highest BCUT2D eigenvalue weighted by molar-refractivity contribution is 7.16. The van der Waals surface area contributed by atoms with Gasteiger partial charge in [-0.25, -0.2) is 9.97 Å². The third-order valence-corrected chi connectivity index (χ3v) is 6.44. The summed E-state index contributed by atoms with van der Waals surface area (Å²) in [6.45, 7) is 0.929. The Bertz CT molecular complexity index is 1330. The molecule has 0 bridgehead atoms. The number of imidazole rings is 1. The van der Waals surface area contributed by atoms with Crippen LogP contribution in [0.4, 0.5) is 17.6 Å². The number of nitrogens with one attached hydrogen (secondary N) is 1. The van der Waals surface area contributed by atoms with Crippen LogP contribution in [-0.2, 0) is 4.79 Å². The van der Waals surface area contributed by atoms with E-state index in [1.165, 1.54) is 11.3 Å². The van der Waals surface area contributed by atoms with Crippen molar-refractivity contribution < 1.29 is 14.3 Å². The molecule has 32 heavy (non-hydrogen) atoms. The molecular weight excluding hydrogens is 430 g/mol. The molecule has 10 nitrogen and oxygen atoms in total. The van der Waals surface area contributed by atoms with Gasteiger partial charge in [-0.3, -0.25) is 4.79 Å². The minimum atomic E-state index is -0.384. The number of hydrogen-bond acceptors (Lipinski definition) is 9. The molecule has 1 fully saturated rings. The molecule has 0 aliphatic carbocycles. The summed E-state index contributed by atoms with van der Waals surface area (Å²) in [7, 11) is 0. The summed E-state index contributed by atoms with van der Waals surface area (Å²) >= 11 is 1.52. The summed E-state index contributed by atoms with van der Waals surface area (Å²) in [6.07, 6.45) is 5.18. The Labute approximate surface area is 186 Å². The monoisotopic (exact) mass is 449 g/mol. The van der Waals surface area contributed by atoms with Crippen molar-refractivity contribution in [3.63, 3.8) is 0 Å². The highest BCUT2D eigenvalue weighted by atomic mass is 32.1. The molecule has 6 rings (SSSR count). The highest BCUT2D eigenvalue weighted by Crippen LogP contribution is 2.35. The van der Waals surface area contributed by atoms with Crippen molar-refractivity contribution in [3.8, 4) is 17.2 Å². The van der Waals surface area contributed by atoms with Crippen LogP contribution >= 0.6 is 11.3 Å².